The number of aromatic nitrogens is 4. The average molecular weight is 487 g/mol. The zero-order valence-electron chi connectivity index (χ0n) is 15.6. The van der Waals surface area contributed by atoms with E-state index in [1.807, 2.05) is 35.7 Å². The monoisotopic (exact) mass is 486 g/mol. The highest BCUT2D eigenvalue weighted by atomic mass is 35.5. The van der Waals surface area contributed by atoms with Gasteiger partial charge in [0.25, 0.3) is 10.8 Å². The Bertz CT molecular complexity index is 1440. The Labute approximate surface area is 194 Å². The molecule has 3 aromatic heterocycles. The van der Waals surface area contributed by atoms with E-state index >= 15 is 0 Å². The van der Waals surface area contributed by atoms with Gasteiger partial charge in [-0.2, -0.15) is 0 Å². The SMILES string of the molecule is O=c1[nH]c(CSc2nnc(-c3ccc(Cl)cc3)o2)nc2scc(-c3ccccc3Cl)c12. The molecule has 0 radical (unpaired) electrons. The van der Waals surface area contributed by atoms with Crippen molar-refractivity contribution in [1.82, 2.24) is 20.2 Å². The number of thiophene rings is 1. The first-order valence-corrected chi connectivity index (χ1v) is 11.7. The predicted molar refractivity (Wildman–Crippen MR) is 125 cm³/mol. The summed E-state index contributed by atoms with van der Waals surface area (Å²) in [7, 11) is 0. The summed E-state index contributed by atoms with van der Waals surface area (Å²) in [5.41, 5.74) is 2.17. The van der Waals surface area contributed by atoms with E-state index in [0.717, 1.165) is 16.7 Å². The Hall–Kier alpha value is -2.65. The van der Waals surface area contributed by atoms with Crippen molar-refractivity contribution < 1.29 is 4.42 Å². The van der Waals surface area contributed by atoms with Crippen LogP contribution in [0.5, 0.6) is 0 Å². The third-order valence-corrected chi connectivity index (χ3v) is 6.77. The molecule has 154 valence electrons. The van der Waals surface area contributed by atoms with Crippen molar-refractivity contribution in [1.29, 1.82) is 0 Å². The maximum atomic E-state index is 12.8. The van der Waals surface area contributed by atoms with Crippen LogP contribution in [0.4, 0.5) is 0 Å². The second-order valence-electron chi connectivity index (χ2n) is 6.49. The van der Waals surface area contributed by atoms with Crippen molar-refractivity contribution in [2.75, 3.05) is 0 Å². The van der Waals surface area contributed by atoms with Gasteiger partial charge in [0.1, 0.15) is 10.7 Å². The minimum atomic E-state index is -0.204. The van der Waals surface area contributed by atoms with Gasteiger partial charge in [0.15, 0.2) is 0 Å². The Morgan fingerprint density at radius 1 is 1.03 bits per heavy atom. The van der Waals surface area contributed by atoms with Gasteiger partial charge in [-0.3, -0.25) is 4.79 Å². The van der Waals surface area contributed by atoms with Crippen molar-refractivity contribution in [3.63, 3.8) is 0 Å². The number of halogens is 2. The normalized spacial score (nSPS) is 11.3. The summed E-state index contributed by atoms with van der Waals surface area (Å²) in [4.78, 5) is 20.9. The molecule has 0 aliphatic carbocycles. The number of nitrogens with zero attached hydrogens (tertiary/aromatic N) is 3. The van der Waals surface area contributed by atoms with Gasteiger partial charge in [0.05, 0.1) is 11.1 Å². The molecule has 31 heavy (non-hydrogen) atoms. The second kappa shape index (κ2) is 8.47. The van der Waals surface area contributed by atoms with Crippen molar-refractivity contribution in [2.24, 2.45) is 0 Å². The van der Waals surface area contributed by atoms with Crippen LogP contribution >= 0.6 is 46.3 Å². The van der Waals surface area contributed by atoms with Crippen LogP contribution in [0.1, 0.15) is 5.82 Å². The van der Waals surface area contributed by atoms with Gasteiger partial charge in [-0.15, -0.1) is 21.5 Å². The minimum Gasteiger partial charge on any atom is -0.411 e. The van der Waals surface area contributed by atoms with E-state index in [2.05, 4.69) is 20.2 Å². The van der Waals surface area contributed by atoms with Crippen LogP contribution in [0.3, 0.4) is 0 Å². The molecule has 6 nitrogen and oxygen atoms in total. The zero-order chi connectivity index (χ0) is 21.4. The van der Waals surface area contributed by atoms with E-state index in [9.17, 15) is 4.79 Å². The fourth-order valence-corrected chi connectivity index (χ4v) is 5.00. The first-order chi connectivity index (χ1) is 15.1. The molecule has 5 rings (SSSR count). The summed E-state index contributed by atoms with van der Waals surface area (Å²) in [5.74, 6) is 1.31. The highest BCUT2D eigenvalue weighted by Gasteiger charge is 2.16. The van der Waals surface area contributed by atoms with Crippen LogP contribution in [0.25, 0.3) is 32.8 Å². The van der Waals surface area contributed by atoms with E-state index in [1.54, 1.807) is 18.2 Å². The number of H-pyrrole nitrogens is 1. The molecule has 0 saturated heterocycles. The lowest BCUT2D eigenvalue weighted by molar-refractivity contribution is 0.465. The molecule has 0 bridgehead atoms. The molecule has 1 N–H and O–H groups in total. The highest BCUT2D eigenvalue weighted by Crippen LogP contribution is 2.35. The maximum absolute atomic E-state index is 12.8. The van der Waals surface area contributed by atoms with Gasteiger partial charge in [-0.05, 0) is 30.3 Å². The summed E-state index contributed by atoms with van der Waals surface area (Å²) in [5, 5.41) is 12.2. The number of nitrogens with one attached hydrogen (secondary N) is 1. The molecule has 3 heterocycles. The topological polar surface area (TPSA) is 84.7 Å². The molecule has 0 amide bonds. The zero-order valence-corrected chi connectivity index (χ0v) is 18.8. The van der Waals surface area contributed by atoms with E-state index in [4.69, 9.17) is 27.6 Å². The Kier molecular flexibility index (Phi) is 5.54. The number of benzene rings is 2. The first kappa shape index (κ1) is 20.3. The molecule has 0 saturated carbocycles. The van der Waals surface area contributed by atoms with E-state index in [-0.39, 0.29) is 5.56 Å². The standard InChI is InChI=1S/C21H12Cl2N4O2S2/c22-12-7-5-11(6-8-12)19-26-27-21(29-19)31-10-16-24-18(28)17-14(9-30-20(17)25-16)13-3-1-2-4-15(13)23/h1-9H,10H2,(H,24,25,28). The molecule has 2 aromatic carbocycles. The van der Waals surface area contributed by atoms with Crippen molar-refractivity contribution in [2.45, 2.75) is 11.0 Å². The summed E-state index contributed by atoms with van der Waals surface area (Å²) >= 11 is 14.9. The molecule has 10 heteroatoms. The number of rotatable bonds is 5. The molecular weight excluding hydrogens is 475 g/mol. The average Bonchev–Trinajstić information content (AvgIpc) is 3.41. The summed E-state index contributed by atoms with van der Waals surface area (Å²) in [6.45, 7) is 0. The Morgan fingerprint density at radius 2 is 1.84 bits per heavy atom. The smallest absolute Gasteiger partial charge is 0.277 e. The van der Waals surface area contributed by atoms with Gasteiger partial charge in [-0.25, -0.2) is 4.98 Å². The highest BCUT2D eigenvalue weighted by molar-refractivity contribution is 7.98. The number of fused-ring (bicyclic) bond motifs is 1. The second-order valence-corrected chi connectivity index (χ2v) is 9.12. The minimum absolute atomic E-state index is 0.204. The van der Waals surface area contributed by atoms with Gasteiger partial charge in [0.2, 0.25) is 5.89 Å². The van der Waals surface area contributed by atoms with Crippen LogP contribution < -0.4 is 5.56 Å². The number of hydrogen-bond donors (Lipinski definition) is 1. The van der Waals surface area contributed by atoms with Crippen LogP contribution in [0, 0.1) is 0 Å². The summed E-state index contributed by atoms with van der Waals surface area (Å²) < 4.78 is 5.69. The molecule has 0 aliphatic rings. The predicted octanol–water partition coefficient (Wildman–Crippen LogP) is 6.30. The molecular formula is C21H12Cl2N4O2S2. The third-order valence-electron chi connectivity index (χ3n) is 4.49. The van der Waals surface area contributed by atoms with Crippen LogP contribution in [-0.4, -0.2) is 20.2 Å². The largest absolute Gasteiger partial charge is 0.411 e. The van der Waals surface area contributed by atoms with Crippen LogP contribution in [0.2, 0.25) is 10.0 Å². The van der Waals surface area contributed by atoms with E-state index < -0.39 is 0 Å². The van der Waals surface area contributed by atoms with Gasteiger partial charge < -0.3 is 9.40 Å². The number of hydrogen-bond acceptors (Lipinski definition) is 7. The summed E-state index contributed by atoms with van der Waals surface area (Å²) in [6.07, 6.45) is 0. The lowest BCUT2D eigenvalue weighted by Gasteiger charge is -2.03. The van der Waals surface area contributed by atoms with Gasteiger partial charge in [-0.1, -0.05) is 53.2 Å². The van der Waals surface area contributed by atoms with Gasteiger partial charge >= 0.3 is 0 Å². The Balaban J connectivity index is 1.38. The molecule has 0 spiro atoms. The molecule has 0 aliphatic heterocycles. The third kappa shape index (κ3) is 4.12. The molecule has 5 aromatic rings. The molecule has 0 fully saturated rings. The summed E-state index contributed by atoms with van der Waals surface area (Å²) in [6, 6.07) is 14.6. The van der Waals surface area contributed by atoms with Gasteiger partial charge in [0, 0.05) is 32.1 Å². The maximum Gasteiger partial charge on any atom is 0.277 e. The van der Waals surface area contributed by atoms with Crippen molar-refractivity contribution in [3.05, 3.63) is 80.1 Å². The first-order valence-electron chi connectivity index (χ1n) is 9.06. The Morgan fingerprint density at radius 3 is 2.65 bits per heavy atom. The number of thioether (sulfide) groups is 1. The number of aromatic amines is 1. The van der Waals surface area contributed by atoms with E-state index in [0.29, 0.717) is 43.0 Å². The lowest BCUT2D eigenvalue weighted by Crippen LogP contribution is -2.10. The lowest BCUT2D eigenvalue weighted by atomic mass is 10.1. The van der Waals surface area contributed by atoms with E-state index in [1.165, 1.54) is 23.1 Å². The van der Waals surface area contributed by atoms with Crippen molar-refractivity contribution >= 4 is 56.5 Å². The van der Waals surface area contributed by atoms with Crippen LogP contribution in [-0.2, 0) is 5.75 Å². The van der Waals surface area contributed by atoms with Crippen LogP contribution in [0.15, 0.2) is 68.3 Å². The molecule has 0 unspecified atom stereocenters. The molecule has 0 atom stereocenters. The fraction of sp³-hybridized carbons (Fsp3) is 0.0476. The quantitative estimate of drug-likeness (QED) is 0.293. The fourth-order valence-electron chi connectivity index (χ4n) is 3.05. The van der Waals surface area contributed by atoms with Crippen molar-refractivity contribution in [3.8, 4) is 22.6 Å².